The highest BCUT2D eigenvalue weighted by Crippen LogP contribution is 2.30. The minimum Gasteiger partial charge on any atom is -0.371 e. The molecule has 3 heterocycles. The fraction of sp³-hybridized carbons (Fsp3) is 0.600. The number of thiazole rings is 1. The summed E-state index contributed by atoms with van der Waals surface area (Å²) >= 11 is 1.40. The average molecular weight is 570 g/mol. The second-order valence-corrected chi connectivity index (χ2v) is 11.9. The van der Waals surface area contributed by atoms with Crippen molar-refractivity contribution in [3.63, 3.8) is 0 Å². The Morgan fingerprint density at radius 1 is 1.18 bits per heavy atom. The lowest BCUT2D eigenvalue weighted by Crippen LogP contribution is -2.57. The van der Waals surface area contributed by atoms with Crippen molar-refractivity contribution < 1.29 is 19.1 Å². The first-order valence-corrected chi connectivity index (χ1v) is 15.4. The third-order valence-corrected chi connectivity index (χ3v) is 9.01. The molecule has 1 aromatic carbocycles. The van der Waals surface area contributed by atoms with Crippen LogP contribution >= 0.6 is 11.3 Å². The molecule has 218 valence electrons. The van der Waals surface area contributed by atoms with Crippen LogP contribution in [0.5, 0.6) is 0 Å². The number of carbonyl (C=O) groups is 3. The largest absolute Gasteiger partial charge is 0.371 e. The van der Waals surface area contributed by atoms with Gasteiger partial charge in [0.05, 0.1) is 6.04 Å². The summed E-state index contributed by atoms with van der Waals surface area (Å²) in [6.07, 6.45) is 5.45. The minimum absolute atomic E-state index is 0.00964. The Morgan fingerprint density at radius 3 is 2.73 bits per heavy atom. The van der Waals surface area contributed by atoms with E-state index in [9.17, 15) is 14.4 Å². The van der Waals surface area contributed by atoms with Crippen LogP contribution in [-0.2, 0) is 20.7 Å². The molecule has 0 saturated carbocycles. The number of amides is 3. The SMILES string of the molecule is CC[C@H](C)[C@H](NC(=O)[C@H]1CCCCN1C)C(=O)N[C@H]1CCO[C@H](c2nc(C(=O)NCCc3ccccc3)cs2)C1. The average Bonchev–Trinajstić information content (AvgIpc) is 3.47. The van der Waals surface area contributed by atoms with Crippen LogP contribution in [0.2, 0.25) is 0 Å². The Hall–Kier alpha value is -2.82. The molecule has 0 spiro atoms. The van der Waals surface area contributed by atoms with Gasteiger partial charge in [-0.25, -0.2) is 4.98 Å². The van der Waals surface area contributed by atoms with Crippen LogP contribution in [0, 0.1) is 5.92 Å². The zero-order valence-corrected chi connectivity index (χ0v) is 24.7. The fourth-order valence-electron chi connectivity index (χ4n) is 5.34. The van der Waals surface area contributed by atoms with Crippen LogP contribution in [0.1, 0.15) is 79.5 Å². The van der Waals surface area contributed by atoms with Crippen LogP contribution < -0.4 is 16.0 Å². The molecule has 2 fully saturated rings. The van der Waals surface area contributed by atoms with E-state index in [1.807, 2.05) is 51.2 Å². The molecular formula is C30H43N5O4S. The number of benzene rings is 1. The molecule has 4 rings (SSSR count). The molecule has 2 aromatic rings. The van der Waals surface area contributed by atoms with Crippen molar-refractivity contribution in [3.05, 3.63) is 52.0 Å². The molecule has 2 saturated heterocycles. The van der Waals surface area contributed by atoms with Gasteiger partial charge in [0, 0.05) is 31.0 Å². The quantitative estimate of drug-likeness (QED) is 0.382. The van der Waals surface area contributed by atoms with E-state index in [0.29, 0.717) is 31.7 Å². The van der Waals surface area contributed by atoms with E-state index < -0.39 is 6.04 Å². The van der Waals surface area contributed by atoms with Crippen LogP contribution in [0.25, 0.3) is 0 Å². The number of hydrogen-bond donors (Lipinski definition) is 3. The summed E-state index contributed by atoms with van der Waals surface area (Å²) in [7, 11) is 1.97. The maximum Gasteiger partial charge on any atom is 0.270 e. The molecule has 5 atom stereocenters. The highest BCUT2D eigenvalue weighted by molar-refractivity contribution is 7.09. The van der Waals surface area contributed by atoms with Crippen LogP contribution in [-0.4, -0.2) is 72.5 Å². The van der Waals surface area contributed by atoms with Gasteiger partial charge in [0.1, 0.15) is 22.8 Å². The molecule has 2 aliphatic rings. The summed E-state index contributed by atoms with van der Waals surface area (Å²) in [5, 5.41) is 11.7. The summed E-state index contributed by atoms with van der Waals surface area (Å²) in [6.45, 7) is 5.96. The van der Waals surface area contributed by atoms with Crippen molar-refractivity contribution in [2.75, 3.05) is 26.7 Å². The van der Waals surface area contributed by atoms with Gasteiger partial charge in [0.15, 0.2) is 0 Å². The number of carbonyl (C=O) groups excluding carboxylic acids is 3. The number of hydrogen-bond acceptors (Lipinski definition) is 7. The predicted molar refractivity (Wildman–Crippen MR) is 156 cm³/mol. The second-order valence-electron chi connectivity index (χ2n) is 11.0. The molecule has 0 aliphatic carbocycles. The van der Waals surface area contributed by atoms with E-state index in [1.165, 1.54) is 16.9 Å². The predicted octanol–water partition coefficient (Wildman–Crippen LogP) is 3.47. The van der Waals surface area contributed by atoms with Crippen LogP contribution in [0.3, 0.4) is 0 Å². The normalized spacial score (nSPS) is 23.1. The number of nitrogens with one attached hydrogen (secondary N) is 3. The Morgan fingerprint density at radius 2 is 1.98 bits per heavy atom. The smallest absolute Gasteiger partial charge is 0.270 e. The lowest BCUT2D eigenvalue weighted by Gasteiger charge is -2.34. The molecule has 9 nitrogen and oxygen atoms in total. The van der Waals surface area contributed by atoms with Crippen LogP contribution in [0.4, 0.5) is 0 Å². The lowest BCUT2D eigenvalue weighted by molar-refractivity contribution is -0.134. The fourth-order valence-corrected chi connectivity index (χ4v) is 6.20. The second kappa shape index (κ2) is 14.7. The van der Waals surface area contributed by atoms with E-state index in [2.05, 4.69) is 25.8 Å². The zero-order valence-electron chi connectivity index (χ0n) is 23.9. The molecule has 2 aliphatic heterocycles. The number of likely N-dealkylation sites (N-methyl/N-ethyl adjacent to an activating group) is 1. The van der Waals surface area contributed by atoms with Gasteiger partial charge in [0.2, 0.25) is 11.8 Å². The van der Waals surface area contributed by atoms with Crippen molar-refractivity contribution in [2.45, 2.75) is 83.0 Å². The lowest BCUT2D eigenvalue weighted by atomic mass is 9.95. The number of likely N-dealkylation sites (tertiary alicyclic amines) is 1. The monoisotopic (exact) mass is 569 g/mol. The van der Waals surface area contributed by atoms with Crippen molar-refractivity contribution in [3.8, 4) is 0 Å². The van der Waals surface area contributed by atoms with E-state index >= 15 is 0 Å². The summed E-state index contributed by atoms with van der Waals surface area (Å²) in [4.78, 5) is 45.7. The highest BCUT2D eigenvalue weighted by atomic mass is 32.1. The maximum absolute atomic E-state index is 13.4. The van der Waals surface area contributed by atoms with E-state index in [4.69, 9.17) is 4.74 Å². The molecule has 40 heavy (non-hydrogen) atoms. The van der Waals surface area contributed by atoms with Gasteiger partial charge in [-0.1, -0.05) is 57.0 Å². The number of piperidine rings is 1. The Balaban J connectivity index is 1.30. The van der Waals surface area contributed by atoms with Gasteiger partial charge in [-0.2, -0.15) is 0 Å². The molecular weight excluding hydrogens is 526 g/mol. The van der Waals surface area contributed by atoms with Gasteiger partial charge >= 0.3 is 0 Å². The van der Waals surface area contributed by atoms with Crippen molar-refractivity contribution in [2.24, 2.45) is 5.92 Å². The van der Waals surface area contributed by atoms with Crippen molar-refractivity contribution in [1.29, 1.82) is 0 Å². The Bertz CT molecular complexity index is 1130. The highest BCUT2D eigenvalue weighted by Gasteiger charge is 2.34. The first kappa shape index (κ1) is 30.1. The third-order valence-electron chi connectivity index (χ3n) is 8.07. The molecule has 3 N–H and O–H groups in total. The Labute approximate surface area is 241 Å². The molecule has 1 aromatic heterocycles. The zero-order chi connectivity index (χ0) is 28.5. The van der Waals surface area contributed by atoms with Gasteiger partial charge in [-0.05, 0) is 50.8 Å². The summed E-state index contributed by atoms with van der Waals surface area (Å²) in [6, 6.07) is 9.16. The van der Waals surface area contributed by atoms with Gasteiger partial charge in [-0.3, -0.25) is 19.3 Å². The first-order valence-electron chi connectivity index (χ1n) is 14.6. The van der Waals surface area contributed by atoms with Crippen molar-refractivity contribution in [1.82, 2.24) is 25.8 Å². The van der Waals surface area contributed by atoms with Crippen LogP contribution in [0.15, 0.2) is 35.7 Å². The topological polar surface area (TPSA) is 113 Å². The van der Waals surface area contributed by atoms with Crippen molar-refractivity contribution >= 4 is 29.1 Å². The molecule has 10 heteroatoms. The first-order chi connectivity index (χ1) is 19.4. The number of ether oxygens (including phenoxy) is 1. The summed E-state index contributed by atoms with van der Waals surface area (Å²) in [5.74, 6) is -0.403. The molecule has 0 radical (unpaired) electrons. The van der Waals surface area contributed by atoms with E-state index in [-0.39, 0.29) is 41.8 Å². The van der Waals surface area contributed by atoms with Gasteiger partial charge < -0.3 is 20.7 Å². The number of rotatable bonds is 11. The minimum atomic E-state index is -0.583. The molecule has 0 bridgehead atoms. The number of aromatic nitrogens is 1. The van der Waals surface area contributed by atoms with Gasteiger partial charge in [-0.15, -0.1) is 11.3 Å². The standard InChI is InChI=1S/C30H43N5O4S/c1-4-20(2)26(34-28(37)24-12-8-9-16-35(24)3)29(38)32-22-14-17-39-25(18-22)30-33-23(19-40-30)27(36)31-15-13-21-10-6-5-7-11-21/h5-7,10-11,19-20,22,24-26H,4,8-9,12-18H2,1-3H3,(H,31,36)(H,32,38)(H,34,37)/t20-,22-,24+,25-,26-/m0/s1. The number of nitrogens with zero attached hydrogens (tertiary/aromatic N) is 2. The molecule has 0 unspecified atom stereocenters. The maximum atomic E-state index is 13.4. The third kappa shape index (κ3) is 8.11. The van der Waals surface area contributed by atoms with Gasteiger partial charge in [0.25, 0.3) is 5.91 Å². The molecule has 3 amide bonds. The Kier molecular flexibility index (Phi) is 11.1. The summed E-state index contributed by atoms with van der Waals surface area (Å²) in [5.41, 5.74) is 1.55. The van der Waals surface area contributed by atoms with E-state index in [0.717, 1.165) is 43.7 Å². The summed E-state index contributed by atoms with van der Waals surface area (Å²) < 4.78 is 5.98. The van der Waals surface area contributed by atoms with E-state index in [1.54, 1.807) is 5.38 Å².